The topological polar surface area (TPSA) is 39.1 Å². The summed E-state index contributed by atoms with van der Waals surface area (Å²) >= 11 is 6.18. The van der Waals surface area contributed by atoms with E-state index in [0.717, 1.165) is 30.1 Å². The fourth-order valence-electron chi connectivity index (χ4n) is 2.10. The lowest BCUT2D eigenvalue weighted by Crippen LogP contribution is -2.26. The molecule has 0 amide bonds. The molecule has 1 aromatic heterocycles. The molecule has 104 valence electrons. The largest absolute Gasteiger partial charge is 0.383 e. The van der Waals surface area contributed by atoms with E-state index in [9.17, 15) is 0 Å². The minimum atomic E-state index is 0.553. The number of halogens is 1. The highest BCUT2D eigenvalue weighted by molar-refractivity contribution is 6.31. The van der Waals surface area contributed by atoms with Gasteiger partial charge in [-0.2, -0.15) is 5.10 Å². The van der Waals surface area contributed by atoms with E-state index in [1.165, 1.54) is 12.8 Å². The maximum absolute atomic E-state index is 6.18. The first kappa shape index (κ1) is 15.5. The molecule has 0 aliphatic heterocycles. The fourth-order valence-corrected chi connectivity index (χ4v) is 2.33. The third-order valence-corrected chi connectivity index (χ3v) is 3.50. The summed E-state index contributed by atoms with van der Waals surface area (Å²) in [6.07, 6.45) is 6.15. The van der Waals surface area contributed by atoms with Gasteiger partial charge in [0.2, 0.25) is 0 Å². The Balaban J connectivity index is 2.56. The summed E-state index contributed by atoms with van der Waals surface area (Å²) in [5.74, 6) is 0. The summed E-state index contributed by atoms with van der Waals surface area (Å²) in [6, 6.07) is 0.553. The highest BCUT2D eigenvalue weighted by Gasteiger charge is 2.12. The van der Waals surface area contributed by atoms with Crippen LogP contribution in [0.3, 0.4) is 0 Å². The van der Waals surface area contributed by atoms with Crippen molar-refractivity contribution >= 4 is 11.6 Å². The molecular weight excluding hydrogens is 250 g/mol. The summed E-state index contributed by atoms with van der Waals surface area (Å²) in [5.41, 5.74) is 1.12. The number of nitrogens with one attached hydrogen (secondary N) is 1. The summed E-state index contributed by atoms with van der Waals surface area (Å²) in [5, 5.41) is 8.40. The minimum Gasteiger partial charge on any atom is -0.383 e. The zero-order valence-corrected chi connectivity index (χ0v) is 12.3. The Bertz CT molecular complexity index is 341. The second-order valence-corrected chi connectivity index (χ2v) is 4.88. The van der Waals surface area contributed by atoms with Crippen LogP contribution < -0.4 is 5.32 Å². The van der Waals surface area contributed by atoms with Gasteiger partial charge in [0.25, 0.3) is 0 Å². The molecule has 0 radical (unpaired) electrons. The lowest BCUT2D eigenvalue weighted by atomic mass is 10.1. The molecule has 0 saturated heterocycles. The lowest BCUT2D eigenvalue weighted by molar-refractivity contribution is 0.182. The van der Waals surface area contributed by atoms with Gasteiger partial charge in [-0.3, -0.25) is 4.68 Å². The van der Waals surface area contributed by atoms with Gasteiger partial charge in [-0.1, -0.05) is 24.9 Å². The molecule has 0 spiro atoms. The predicted molar refractivity (Wildman–Crippen MR) is 75.2 cm³/mol. The van der Waals surface area contributed by atoms with Gasteiger partial charge in [0.05, 0.1) is 30.1 Å². The summed E-state index contributed by atoms with van der Waals surface area (Å²) in [7, 11) is 3.72. The van der Waals surface area contributed by atoms with Crippen LogP contribution in [-0.2, 0) is 17.7 Å². The zero-order chi connectivity index (χ0) is 13.4. The maximum Gasteiger partial charge on any atom is 0.0817 e. The highest BCUT2D eigenvalue weighted by Crippen LogP contribution is 2.18. The van der Waals surface area contributed by atoms with Crippen molar-refractivity contribution in [1.82, 2.24) is 15.1 Å². The molecule has 1 rings (SSSR count). The predicted octanol–water partition coefficient (Wildman–Crippen LogP) is 2.50. The third kappa shape index (κ3) is 4.59. The first-order valence-electron chi connectivity index (χ1n) is 6.59. The number of methoxy groups -OCH3 is 1. The summed E-state index contributed by atoms with van der Waals surface area (Å²) in [4.78, 5) is 0. The fraction of sp³-hybridized carbons (Fsp3) is 0.769. The Labute approximate surface area is 115 Å². The smallest absolute Gasteiger partial charge is 0.0817 e. The van der Waals surface area contributed by atoms with Gasteiger partial charge in [-0.25, -0.2) is 0 Å². The van der Waals surface area contributed by atoms with Crippen LogP contribution in [-0.4, -0.2) is 36.6 Å². The number of aromatic nitrogens is 2. The molecule has 5 heteroatoms. The molecule has 0 aromatic carbocycles. The van der Waals surface area contributed by atoms with Crippen LogP contribution >= 0.6 is 11.6 Å². The van der Waals surface area contributed by atoms with E-state index in [2.05, 4.69) is 17.3 Å². The van der Waals surface area contributed by atoms with Crippen molar-refractivity contribution in [2.24, 2.45) is 0 Å². The van der Waals surface area contributed by atoms with Gasteiger partial charge in [-0.05, 0) is 26.3 Å². The highest BCUT2D eigenvalue weighted by atomic mass is 35.5. The van der Waals surface area contributed by atoms with Crippen molar-refractivity contribution in [1.29, 1.82) is 0 Å². The molecule has 1 N–H and O–H groups in total. The van der Waals surface area contributed by atoms with Crippen molar-refractivity contribution < 1.29 is 4.74 Å². The molecule has 1 unspecified atom stereocenters. The SMILES string of the molecule is CCCC(CCc1c(Cl)cnn1CCOC)NC. The molecule has 0 aliphatic carbocycles. The molecule has 1 heterocycles. The molecule has 0 saturated carbocycles. The lowest BCUT2D eigenvalue weighted by Gasteiger charge is -2.15. The van der Waals surface area contributed by atoms with Crippen LogP contribution in [0.5, 0.6) is 0 Å². The average molecular weight is 274 g/mol. The van der Waals surface area contributed by atoms with E-state index in [4.69, 9.17) is 16.3 Å². The number of rotatable bonds is 9. The molecule has 1 atom stereocenters. The Kier molecular flexibility index (Phi) is 7.32. The monoisotopic (exact) mass is 273 g/mol. The van der Waals surface area contributed by atoms with Gasteiger partial charge in [0.15, 0.2) is 0 Å². The number of hydrogen-bond donors (Lipinski definition) is 1. The summed E-state index contributed by atoms with van der Waals surface area (Å²) in [6.45, 7) is 3.63. The second-order valence-electron chi connectivity index (χ2n) is 4.47. The average Bonchev–Trinajstić information content (AvgIpc) is 2.73. The van der Waals surface area contributed by atoms with Crippen LogP contribution in [0, 0.1) is 0 Å². The Hall–Kier alpha value is -0.580. The van der Waals surface area contributed by atoms with Crippen molar-refractivity contribution in [3.05, 3.63) is 16.9 Å². The van der Waals surface area contributed by atoms with Gasteiger partial charge < -0.3 is 10.1 Å². The molecule has 0 aliphatic rings. The molecular formula is C13H24ClN3O. The van der Waals surface area contributed by atoms with Gasteiger partial charge in [-0.15, -0.1) is 0 Å². The maximum atomic E-state index is 6.18. The van der Waals surface area contributed by atoms with Crippen molar-refractivity contribution in [3.8, 4) is 0 Å². The van der Waals surface area contributed by atoms with Crippen LogP contribution in [0.15, 0.2) is 6.20 Å². The molecule has 0 bridgehead atoms. The third-order valence-electron chi connectivity index (χ3n) is 3.18. The molecule has 0 fully saturated rings. The Morgan fingerprint density at radius 2 is 2.28 bits per heavy atom. The molecule has 4 nitrogen and oxygen atoms in total. The quantitative estimate of drug-likeness (QED) is 0.751. The van der Waals surface area contributed by atoms with Gasteiger partial charge >= 0.3 is 0 Å². The van der Waals surface area contributed by atoms with E-state index in [0.29, 0.717) is 12.6 Å². The van der Waals surface area contributed by atoms with Crippen molar-refractivity contribution in [2.75, 3.05) is 20.8 Å². The van der Waals surface area contributed by atoms with E-state index < -0.39 is 0 Å². The zero-order valence-electron chi connectivity index (χ0n) is 11.6. The van der Waals surface area contributed by atoms with Crippen molar-refractivity contribution in [2.45, 2.75) is 45.2 Å². The Morgan fingerprint density at radius 3 is 2.89 bits per heavy atom. The van der Waals surface area contributed by atoms with Crippen LogP contribution in [0.1, 0.15) is 31.9 Å². The number of ether oxygens (including phenoxy) is 1. The number of hydrogen-bond acceptors (Lipinski definition) is 3. The minimum absolute atomic E-state index is 0.553. The summed E-state index contributed by atoms with van der Waals surface area (Å²) < 4.78 is 7.03. The van der Waals surface area contributed by atoms with Crippen LogP contribution in [0.25, 0.3) is 0 Å². The Morgan fingerprint density at radius 1 is 1.50 bits per heavy atom. The van der Waals surface area contributed by atoms with Gasteiger partial charge in [0.1, 0.15) is 0 Å². The second kappa shape index (κ2) is 8.51. The standard InChI is InChI=1S/C13H24ClN3O/c1-4-5-11(15-2)6-7-13-12(14)10-16-17(13)8-9-18-3/h10-11,15H,4-9H2,1-3H3. The van der Waals surface area contributed by atoms with E-state index in [-0.39, 0.29) is 0 Å². The number of nitrogens with zero attached hydrogens (tertiary/aromatic N) is 2. The van der Waals surface area contributed by atoms with E-state index in [1.807, 2.05) is 11.7 Å². The van der Waals surface area contributed by atoms with Crippen LogP contribution in [0.4, 0.5) is 0 Å². The van der Waals surface area contributed by atoms with Crippen molar-refractivity contribution in [3.63, 3.8) is 0 Å². The van der Waals surface area contributed by atoms with E-state index in [1.54, 1.807) is 13.3 Å². The van der Waals surface area contributed by atoms with Gasteiger partial charge in [0, 0.05) is 13.2 Å². The van der Waals surface area contributed by atoms with E-state index >= 15 is 0 Å². The normalized spacial score (nSPS) is 12.9. The molecule has 18 heavy (non-hydrogen) atoms. The first-order chi connectivity index (χ1) is 8.72. The van der Waals surface area contributed by atoms with Crippen LogP contribution in [0.2, 0.25) is 5.02 Å². The molecule has 1 aromatic rings. The first-order valence-corrected chi connectivity index (χ1v) is 6.97.